The van der Waals surface area contributed by atoms with E-state index in [1.807, 2.05) is 0 Å². The smallest absolute Gasteiger partial charge is 0.0865 e. The summed E-state index contributed by atoms with van der Waals surface area (Å²) >= 11 is 0. The molecule has 0 spiro atoms. The lowest BCUT2D eigenvalue weighted by atomic mass is 9.95. The van der Waals surface area contributed by atoms with Gasteiger partial charge in [-0.15, -0.1) is 0 Å². The number of hydrogen-bond donors (Lipinski definition) is 1. The summed E-state index contributed by atoms with van der Waals surface area (Å²) in [4.78, 5) is 0. The van der Waals surface area contributed by atoms with E-state index in [0.717, 1.165) is 19.6 Å². The molecular formula is C12H17NO. The average Bonchev–Trinajstić information content (AvgIpc) is 2.67. The lowest BCUT2D eigenvalue weighted by Crippen LogP contribution is -2.17. The predicted molar refractivity (Wildman–Crippen MR) is 57.0 cm³/mol. The molecule has 1 fully saturated rings. The molecule has 2 N–H and O–H groups in total. The fourth-order valence-electron chi connectivity index (χ4n) is 2.00. The van der Waals surface area contributed by atoms with E-state index in [-0.39, 0.29) is 6.10 Å². The highest BCUT2D eigenvalue weighted by atomic mass is 16.5. The molecule has 0 amide bonds. The SMILES string of the molecule is Cc1ccc(C2OCCC2CN)cc1. The summed E-state index contributed by atoms with van der Waals surface area (Å²) < 4.78 is 5.70. The molecule has 0 aliphatic carbocycles. The van der Waals surface area contributed by atoms with Gasteiger partial charge in [-0.3, -0.25) is 0 Å². The summed E-state index contributed by atoms with van der Waals surface area (Å²) in [5.41, 5.74) is 8.27. The van der Waals surface area contributed by atoms with Gasteiger partial charge in [0.2, 0.25) is 0 Å². The van der Waals surface area contributed by atoms with Gasteiger partial charge in [-0.2, -0.15) is 0 Å². The van der Waals surface area contributed by atoms with Crippen molar-refractivity contribution in [3.8, 4) is 0 Å². The van der Waals surface area contributed by atoms with Crippen molar-refractivity contribution in [3.05, 3.63) is 35.4 Å². The molecular weight excluding hydrogens is 174 g/mol. The third-order valence-electron chi connectivity index (χ3n) is 2.92. The highest BCUT2D eigenvalue weighted by Gasteiger charge is 2.28. The maximum atomic E-state index is 5.71. The number of benzene rings is 1. The first-order chi connectivity index (χ1) is 6.81. The molecule has 1 aliphatic rings. The van der Waals surface area contributed by atoms with Crippen LogP contribution in [0, 0.1) is 12.8 Å². The summed E-state index contributed by atoms with van der Waals surface area (Å²) in [5, 5.41) is 0. The van der Waals surface area contributed by atoms with E-state index >= 15 is 0 Å². The van der Waals surface area contributed by atoms with Crippen LogP contribution in [-0.4, -0.2) is 13.2 Å². The van der Waals surface area contributed by atoms with Gasteiger partial charge in [-0.05, 0) is 25.5 Å². The second-order valence-electron chi connectivity index (χ2n) is 3.99. The fraction of sp³-hybridized carbons (Fsp3) is 0.500. The number of nitrogens with two attached hydrogens (primary N) is 1. The first-order valence-electron chi connectivity index (χ1n) is 5.19. The van der Waals surface area contributed by atoms with Gasteiger partial charge in [0.05, 0.1) is 6.10 Å². The molecule has 2 unspecified atom stereocenters. The van der Waals surface area contributed by atoms with Gasteiger partial charge in [0, 0.05) is 12.5 Å². The number of aryl methyl sites for hydroxylation is 1. The molecule has 1 saturated heterocycles. The first kappa shape index (κ1) is 9.69. The van der Waals surface area contributed by atoms with Gasteiger partial charge in [0.25, 0.3) is 0 Å². The normalized spacial score (nSPS) is 26.7. The molecule has 0 saturated carbocycles. The average molecular weight is 191 g/mol. The molecule has 1 aromatic rings. The van der Waals surface area contributed by atoms with E-state index in [1.54, 1.807) is 0 Å². The Labute approximate surface area is 85.1 Å². The summed E-state index contributed by atoms with van der Waals surface area (Å²) in [5.74, 6) is 0.498. The van der Waals surface area contributed by atoms with Crippen LogP contribution in [0.25, 0.3) is 0 Å². The van der Waals surface area contributed by atoms with E-state index in [4.69, 9.17) is 10.5 Å². The minimum absolute atomic E-state index is 0.223. The van der Waals surface area contributed by atoms with Crippen LogP contribution in [0.4, 0.5) is 0 Å². The zero-order valence-electron chi connectivity index (χ0n) is 8.57. The first-order valence-corrected chi connectivity index (χ1v) is 5.19. The standard InChI is InChI=1S/C12H17NO/c1-9-2-4-10(5-3-9)12-11(8-13)6-7-14-12/h2-5,11-12H,6-8,13H2,1H3. The van der Waals surface area contributed by atoms with Crippen LogP contribution in [0.3, 0.4) is 0 Å². The van der Waals surface area contributed by atoms with Crippen LogP contribution in [0.2, 0.25) is 0 Å². The van der Waals surface area contributed by atoms with Crippen LogP contribution in [-0.2, 0) is 4.74 Å². The maximum Gasteiger partial charge on any atom is 0.0865 e. The highest BCUT2D eigenvalue weighted by molar-refractivity contribution is 5.24. The van der Waals surface area contributed by atoms with E-state index in [9.17, 15) is 0 Å². The van der Waals surface area contributed by atoms with E-state index in [2.05, 4.69) is 31.2 Å². The van der Waals surface area contributed by atoms with Crippen LogP contribution in [0.1, 0.15) is 23.7 Å². The molecule has 1 aliphatic heterocycles. The Bertz CT molecular complexity index is 294. The molecule has 14 heavy (non-hydrogen) atoms. The Balaban J connectivity index is 2.17. The number of ether oxygens (including phenoxy) is 1. The number of hydrogen-bond acceptors (Lipinski definition) is 2. The van der Waals surface area contributed by atoms with Crippen molar-refractivity contribution in [2.75, 3.05) is 13.2 Å². The predicted octanol–water partition coefficient (Wildman–Crippen LogP) is 2.03. The Hall–Kier alpha value is -0.860. The molecule has 1 heterocycles. The third kappa shape index (κ3) is 1.81. The Kier molecular flexibility index (Phi) is 2.85. The Morgan fingerprint density at radius 1 is 1.36 bits per heavy atom. The molecule has 0 radical (unpaired) electrons. The van der Waals surface area contributed by atoms with Crippen molar-refractivity contribution in [2.45, 2.75) is 19.4 Å². The van der Waals surface area contributed by atoms with Gasteiger partial charge < -0.3 is 10.5 Å². The van der Waals surface area contributed by atoms with Gasteiger partial charge in [0.15, 0.2) is 0 Å². The van der Waals surface area contributed by atoms with E-state index in [1.165, 1.54) is 11.1 Å². The summed E-state index contributed by atoms with van der Waals surface area (Å²) in [7, 11) is 0. The molecule has 0 bridgehead atoms. The molecule has 0 aromatic heterocycles. The van der Waals surface area contributed by atoms with Crippen molar-refractivity contribution in [2.24, 2.45) is 11.7 Å². The minimum Gasteiger partial charge on any atom is -0.373 e. The Morgan fingerprint density at radius 3 is 2.71 bits per heavy atom. The molecule has 2 heteroatoms. The van der Waals surface area contributed by atoms with E-state index < -0.39 is 0 Å². The van der Waals surface area contributed by atoms with Crippen molar-refractivity contribution in [1.29, 1.82) is 0 Å². The molecule has 2 rings (SSSR count). The molecule has 76 valence electrons. The quantitative estimate of drug-likeness (QED) is 0.776. The topological polar surface area (TPSA) is 35.2 Å². The summed E-state index contributed by atoms with van der Waals surface area (Å²) in [6.07, 6.45) is 1.32. The van der Waals surface area contributed by atoms with Crippen LogP contribution >= 0.6 is 0 Å². The summed E-state index contributed by atoms with van der Waals surface area (Å²) in [6.45, 7) is 3.67. The lowest BCUT2D eigenvalue weighted by Gasteiger charge is -2.17. The van der Waals surface area contributed by atoms with Crippen LogP contribution in [0.15, 0.2) is 24.3 Å². The van der Waals surface area contributed by atoms with Crippen molar-refractivity contribution < 1.29 is 4.74 Å². The largest absolute Gasteiger partial charge is 0.373 e. The van der Waals surface area contributed by atoms with Crippen LogP contribution < -0.4 is 5.73 Å². The Morgan fingerprint density at radius 2 is 2.07 bits per heavy atom. The van der Waals surface area contributed by atoms with E-state index in [0.29, 0.717) is 5.92 Å². The van der Waals surface area contributed by atoms with Crippen molar-refractivity contribution >= 4 is 0 Å². The third-order valence-corrected chi connectivity index (χ3v) is 2.92. The zero-order valence-corrected chi connectivity index (χ0v) is 8.57. The summed E-state index contributed by atoms with van der Waals surface area (Å²) in [6, 6.07) is 8.55. The van der Waals surface area contributed by atoms with Crippen molar-refractivity contribution in [1.82, 2.24) is 0 Å². The minimum atomic E-state index is 0.223. The van der Waals surface area contributed by atoms with Crippen molar-refractivity contribution in [3.63, 3.8) is 0 Å². The van der Waals surface area contributed by atoms with Gasteiger partial charge in [0.1, 0.15) is 0 Å². The second-order valence-corrected chi connectivity index (χ2v) is 3.99. The zero-order chi connectivity index (χ0) is 9.97. The monoisotopic (exact) mass is 191 g/mol. The maximum absolute atomic E-state index is 5.71. The van der Waals surface area contributed by atoms with Gasteiger partial charge in [-0.1, -0.05) is 29.8 Å². The van der Waals surface area contributed by atoms with Crippen LogP contribution in [0.5, 0.6) is 0 Å². The highest BCUT2D eigenvalue weighted by Crippen LogP contribution is 2.33. The fourth-order valence-corrected chi connectivity index (χ4v) is 2.00. The molecule has 1 aromatic carbocycles. The van der Waals surface area contributed by atoms with Gasteiger partial charge in [-0.25, -0.2) is 0 Å². The van der Waals surface area contributed by atoms with Gasteiger partial charge >= 0.3 is 0 Å². The molecule has 2 atom stereocenters. The number of rotatable bonds is 2. The second kappa shape index (κ2) is 4.11. The molecule has 2 nitrogen and oxygen atoms in total. The lowest BCUT2D eigenvalue weighted by molar-refractivity contribution is 0.0925.